The molecule has 22 heavy (non-hydrogen) atoms. The highest BCUT2D eigenvalue weighted by molar-refractivity contribution is 7.14. The Balaban J connectivity index is 1.85. The number of thiazole rings is 1. The predicted molar refractivity (Wildman–Crippen MR) is 85.1 cm³/mol. The minimum Gasteiger partial charge on any atom is -0.477 e. The van der Waals surface area contributed by atoms with Crippen LogP contribution in [0.25, 0.3) is 11.3 Å². The number of aromatic carboxylic acids is 1. The third-order valence-electron chi connectivity index (χ3n) is 3.61. The van der Waals surface area contributed by atoms with E-state index in [0.717, 1.165) is 43.2 Å². The van der Waals surface area contributed by atoms with Crippen LogP contribution < -0.4 is 5.32 Å². The maximum atomic E-state index is 11.5. The van der Waals surface area contributed by atoms with Gasteiger partial charge in [-0.3, -0.25) is 9.88 Å². The summed E-state index contributed by atoms with van der Waals surface area (Å²) in [5, 5.41) is 13.6. The number of nitrogens with zero attached hydrogens (tertiary/aromatic N) is 3. The zero-order valence-electron chi connectivity index (χ0n) is 12.2. The highest BCUT2D eigenvalue weighted by Gasteiger charge is 2.20. The summed E-state index contributed by atoms with van der Waals surface area (Å²) >= 11 is 1.27. The second-order valence-electron chi connectivity index (χ2n) is 5.21. The number of pyridine rings is 1. The Labute approximate surface area is 132 Å². The first-order valence-electron chi connectivity index (χ1n) is 7.30. The molecule has 0 unspecified atom stereocenters. The fraction of sp³-hybridized carbons (Fsp3) is 0.400. The fourth-order valence-electron chi connectivity index (χ4n) is 2.53. The topological polar surface area (TPSA) is 78.4 Å². The molecule has 7 heteroatoms. The number of carbonyl (C=O) groups is 1. The molecular formula is C15H18N4O2S. The van der Waals surface area contributed by atoms with E-state index in [-0.39, 0.29) is 0 Å². The Morgan fingerprint density at radius 2 is 2.14 bits per heavy atom. The van der Waals surface area contributed by atoms with Crippen molar-refractivity contribution in [3.63, 3.8) is 0 Å². The average Bonchev–Trinajstić information content (AvgIpc) is 2.78. The summed E-state index contributed by atoms with van der Waals surface area (Å²) in [6.45, 7) is 4.69. The lowest BCUT2D eigenvalue weighted by atomic mass is 10.2. The Morgan fingerprint density at radius 1 is 1.32 bits per heavy atom. The third kappa shape index (κ3) is 3.49. The van der Waals surface area contributed by atoms with Crippen LogP contribution in [0, 0.1) is 0 Å². The molecule has 0 amide bonds. The van der Waals surface area contributed by atoms with Gasteiger partial charge in [-0.2, -0.15) is 0 Å². The second kappa shape index (κ2) is 6.95. The molecule has 1 aliphatic rings. The minimum absolute atomic E-state index is 0.300. The van der Waals surface area contributed by atoms with E-state index in [1.165, 1.54) is 11.3 Å². The molecule has 2 aromatic rings. The van der Waals surface area contributed by atoms with Crippen LogP contribution in [0.3, 0.4) is 0 Å². The van der Waals surface area contributed by atoms with Crippen molar-refractivity contribution in [2.24, 2.45) is 0 Å². The SMILES string of the molecule is O=C(O)c1sc(CN2CCCNCC2)nc1-c1ccncc1. The summed E-state index contributed by atoms with van der Waals surface area (Å²) in [5.41, 5.74) is 1.34. The van der Waals surface area contributed by atoms with Crippen LogP contribution >= 0.6 is 11.3 Å². The van der Waals surface area contributed by atoms with Gasteiger partial charge in [-0.15, -0.1) is 11.3 Å². The molecule has 1 saturated heterocycles. The summed E-state index contributed by atoms with van der Waals surface area (Å²) in [7, 11) is 0. The molecule has 0 atom stereocenters. The van der Waals surface area contributed by atoms with Crippen molar-refractivity contribution in [2.75, 3.05) is 26.2 Å². The van der Waals surface area contributed by atoms with Gasteiger partial charge in [-0.25, -0.2) is 9.78 Å². The maximum Gasteiger partial charge on any atom is 0.348 e. The van der Waals surface area contributed by atoms with Crippen molar-refractivity contribution in [2.45, 2.75) is 13.0 Å². The van der Waals surface area contributed by atoms with E-state index < -0.39 is 5.97 Å². The monoisotopic (exact) mass is 318 g/mol. The molecule has 1 aliphatic heterocycles. The normalized spacial score (nSPS) is 16.4. The van der Waals surface area contributed by atoms with Gasteiger partial charge in [0.2, 0.25) is 0 Å². The molecular weight excluding hydrogens is 300 g/mol. The van der Waals surface area contributed by atoms with Gasteiger partial charge in [0.1, 0.15) is 9.88 Å². The molecule has 116 valence electrons. The molecule has 6 nitrogen and oxygen atoms in total. The van der Waals surface area contributed by atoms with E-state index >= 15 is 0 Å². The number of nitrogens with one attached hydrogen (secondary N) is 1. The highest BCUT2D eigenvalue weighted by atomic mass is 32.1. The summed E-state index contributed by atoms with van der Waals surface area (Å²) < 4.78 is 0. The van der Waals surface area contributed by atoms with E-state index in [2.05, 4.69) is 20.2 Å². The van der Waals surface area contributed by atoms with Gasteiger partial charge in [-0.1, -0.05) is 0 Å². The third-order valence-corrected chi connectivity index (χ3v) is 4.64. The molecule has 2 N–H and O–H groups in total. The molecule has 0 aliphatic carbocycles. The maximum absolute atomic E-state index is 11.5. The number of aromatic nitrogens is 2. The van der Waals surface area contributed by atoms with Crippen molar-refractivity contribution < 1.29 is 9.90 Å². The van der Waals surface area contributed by atoms with Crippen LogP contribution in [0.1, 0.15) is 21.1 Å². The van der Waals surface area contributed by atoms with Gasteiger partial charge in [0.05, 0.1) is 12.2 Å². The van der Waals surface area contributed by atoms with Crippen LogP contribution in [0.4, 0.5) is 0 Å². The number of rotatable bonds is 4. The Hall–Kier alpha value is -1.83. The molecule has 2 aromatic heterocycles. The number of carboxylic acid groups (broad SMARTS) is 1. The van der Waals surface area contributed by atoms with E-state index in [9.17, 15) is 9.90 Å². The molecule has 1 fully saturated rings. The number of hydrogen-bond acceptors (Lipinski definition) is 6. The first-order valence-corrected chi connectivity index (χ1v) is 8.12. The van der Waals surface area contributed by atoms with Crippen LogP contribution in [0.2, 0.25) is 0 Å². The van der Waals surface area contributed by atoms with E-state index in [4.69, 9.17) is 0 Å². The van der Waals surface area contributed by atoms with E-state index in [0.29, 0.717) is 17.1 Å². The van der Waals surface area contributed by atoms with Crippen molar-refractivity contribution in [3.8, 4) is 11.3 Å². The van der Waals surface area contributed by atoms with Crippen molar-refractivity contribution in [1.82, 2.24) is 20.2 Å². The number of carboxylic acids is 1. The van der Waals surface area contributed by atoms with Crippen LogP contribution in [0.5, 0.6) is 0 Å². The van der Waals surface area contributed by atoms with E-state index in [1.807, 2.05) is 0 Å². The standard InChI is InChI=1S/C15H18N4O2S/c20-15(21)14-13(11-2-5-17-6-3-11)18-12(22-14)10-19-8-1-4-16-7-9-19/h2-3,5-6,16H,1,4,7-10H2,(H,20,21). The first-order chi connectivity index (χ1) is 10.7. The van der Waals surface area contributed by atoms with Crippen molar-refractivity contribution in [1.29, 1.82) is 0 Å². The summed E-state index contributed by atoms with van der Waals surface area (Å²) in [6.07, 6.45) is 4.41. The lowest BCUT2D eigenvalue weighted by Gasteiger charge is -2.17. The number of hydrogen-bond donors (Lipinski definition) is 2. The Kier molecular flexibility index (Phi) is 4.77. The van der Waals surface area contributed by atoms with Crippen LogP contribution in [0.15, 0.2) is 24.5 Å². The lowest BCUT2D eigenvalue weighted by molar-refractivity contribution is 0.0702. The smallest absolute Gasteiger partial charge is 0.348 e. The van der Waals surface area contributed by atoms with Gasteiger partial charge in [0, 0.05) is 31.0 Å². The molecule has 0 radical (unpaired) electrons. The highest BCUT2D eigenvalue weighted by Crippen LogP contribution is 2.28. The lowest BCUT2D eigenvalue weighted by Crippen LogP contribution is -2.27. The van der Waals surface area contributed by atoms with Gasteiger partial charge in [-0.05, 0) is 31.6 Å². The van der Waals surface area contributed by atoms with Crippen LogP contribution in [-0.4, -0.2) is 52.1 Å². The van der Waals surface area contributed by atoms with Crippen LogP contribution in [-0.2, 0) is 6.54 Å². The summed E-state index contributed by atoms with van der Waals surface area (Å²) in [5.74, 6) is -0.923. The largest absolute Gasteiger partial charge is 0.477 e. The van der Waals surface area contributed by atoms with E-state index in [1.54, 1.807) is 24.5 Å². The molecule has 0 bridgehead atoms. The Bertz CT molecular complexity index is 636. The summed E-state index contributed by atoms with van der Waals surface area (Å²) in [4.78, 5) is 22.7. The zero-order chi connectivity index (χ0) is 15.4. The average molecular weight is 318 g/mol. The van der Waals surface area contributed by atoms with Gasteiger partial charge < -0.3 is 10.4 Å². The molecule has 0 spiro atoms. The minimum atomic E-state index is -0.923. The molecule has 0 saturated carbocycles. The summed E-state index contributed by atoms with van der Waals surface area (Å²) in [6, 6.07) is 3.59. The Morgan fingerprint density at radius 3 is 2.91 bits per heavy atom. The van der Waals surface area contributed by atoms with Gasteiger partial charge in [0.15, 0.2) is 0 Å². The van der Waals surface area contributed by atoms with Crippen molar-refractivity contribution >= 4 is 17.3 Å². The second-order valence-corrected chi connectivity index (χ2v) is 6.29. The zero-order valence-corrected chi connectivity index (χ0v) is 13.0. The van der Waals surface area contributed by atoms with Gasteiger partial charge in [0.25, 0.3) is 0 Å². The molecule has 0 aromatic carbocycles. The quantitative estimate of drug-likeness (QED) is 0.893. The van der Waals surface area contributed by atoms with Gasteiger partial charge >= 0.3 is 5.97 Å². The van der Waals surface area contributed by atoms with Crippen molar-refractivity contribution in [3.05, 3.63) is 34.4 Å². The molecule has 3 rings (SSSR count). The molecule has 3 heterocycles. The first kappa shape index (κ1) is 15.1. The fourth-order valence-corrected chi connectivity index (χ4v) is 3.50. The predicted octanol–water partition coefficient (Wildman–Crippen LogP) is 1.70.